The molecular formula is C32H27N5O7. The number of fused-ring (bicyclic) bond motifs is 1. The van der Waals surface area contributed by atoms with Crippen LogP contribution < -0.4 is 5.73 Å². The van der Waals surface area contributed by atoms with Gasteiger partial charge in [-0.15, -0.1) is 0 Å². The van der Waals surface area contributed by atoms with Gasteiger partial charge in [0.2, 0.25) is 17.2 Å². The molecule has 3 aromatic carbocycles. The number of rotatable bonds is 8. The molecule has 2 aromatic heterocycles. The minimum absolute atomic E-state index is 0.0113. The Morgan fingerprint density at radius 3 is 1.98 bits per heavy atom. The second-order valence-electron chi connectivity index (χ2n) is 10.5. The van der Waals surface area contributed by atoms with Crippen LogP contribution >= 0.6 is 0 Å². The first kappa shape index (κ1) is 28.8. The third-order valence-corrected chi connectivity index (χ3v) is 8.00. The highest BCUT2D eigenvalue weighted by Gasteiger charge is 2.79. The van der Waals surface area contributed by atoms with Gasteiger partial charge in [-0.05, 0) is 19.1 Å². The van der Waals surface area contributed by atoms with Gasteiger partial charge in [0.05, 0.1) is 11.9 Å². The van der Waals surface area contributed by atoms with Crippen molar-refractivity contribution in [1.82, 2.24) is 19.5 Å². The Morgan fingerprint density at radius 2 is 1.39 bits per heavy atom. The minimum Gasteiger partial charge on any atom is -0.459 e. The van der Waals surface area contributed by atoms with E-state index in [1.54, 1.807) is 54.6 Å². The van der Waals surface area contributed by atoms with Crippen LogP contribution in [-0.4, -0.2) is 71.2 Å². The van der Waals surface area contributed by atoms with Crippen molar-refractivity contribution in [2.24, 2.45) is 0 Å². The summed E-state index contributed by atoms with van der Waals surface area (Å²) in [7, 11) is 0. The molecule has 0 aliphatic carbocycles. The fraction of sp³-hybridized carbons (Fsp3) is 0.188. The Bertz CT molecular complexity index is 1870. The molecule has 0 spiro atoms. The summed E-state index contributed by atoms with van der Waals surface area (Å²) in [6.07, 6.45) is 0.611. The zero-order valence-electron chi connectivity index (χ0n) is 23.4. The highest BCUT2D eigenvalue weighted by molar-refractivity contribution is 6.13. The largest absolute Gasteiger partial charge is 0.459 e. The molecule has 0 saturated carbocycles. The Morgan fingerprint density at radius 1 is 0.841 bits per heavy atom. The predicted molar refractivity (Wildman–Crippen MR) is 156 cm³/mol. The molecule has 1 aliphatic heterocycles. The molecule has 4 N–H and O–H groups in total. The van der Waals surface area contributed by atoms with Crippen molar-refractivity contribution < 1.29 is 34.1 Å². The van der Waals surface area contributed by atoms with E-state index in [0.717, 1.165) is 6.33 Å². The Balaban J connectivity index is 1.57. The number of esters is 1. The van der Waals surface area contributed by atoms with Gasteiger partial charge in [-0.3, -0.25) is 14.2 Å². The SMILES string of the molecule is C[C@@]1(n2cnc3c(N)ncnc32)O[C@H](COC(=O)c2ccccc2)[C@](O)(C(=O)c2ccccc2)[C@]1(O)C(=O)c1ccccc1. The molecule has 0 unspecified atom stereocenters. The number of ether oxygens (including phenoxy) is 2. The molecule has 1 aliphatic rings. The molecule has 3 heterocycles. The maximum Gasteiger partial charge on any atom is 0.338 e. The van der Waals surface area contributed by atoms with Crippen molar-refractivity contribution in [2.75, 3.05) is 12.3 Å². The number of imidazole rings is 1. The van der Waals surface area contributed by atoms with Gasteiger partial charge in [-0.1, -0.05) is 78.9 Å². The lowest BCUT2D eigenvalue weighted by Crippen LogP contribution is -2.71. The molecule has 44 heavy (non-hydrogen) atoms. The van der Waals surface area contributed by atoms with Crippen LogP contribution in [0.3, 0.4) is 0 Å². The van der Waals surface area contributed by atoms with Gasteiger partial charge in [0, 0.05) is 11.1 Å². The fourth-order valence-corrected chi connectivity index (χ4v) is 5.70. The van der Waals surface area contributed by atoms with Gasteiger partial charge in [-0.2, -0.15) is 0 Å². The minimum atomic E-state index is -3.05. The summed E-state index contributed by atoms with van der Waals surface area (Å²) < 4.78 is 13.1. The highest BCUT2D eigenvalue weighted by atomic mass is 16.6. The van der Waals surface area contributed by atoms with E-state index in [1.807, 2.05) is 0 Å². The lowest BCUT2D eigenvalue weighted by Gasteiger charge is -2.43. The summed E-state index contributed by atoms with van der Waals surface area (Å²) in [6, 6.07) is 23.4. The standard InChI is InChI=1S/C32H27N5O7/c1-30(37-19-36-24-27(33)34-18-35-28(24)37)32(42,26(39)21-13-7-3-8-14-21)31(41,25(38)20-11-5-2-6-12-20)23(44-30)17-43-29(40)22-15-9-4-10-16-22/h2-16,18-19,23,41-42H,17H2,1H3,(H2,33,34,35)/t23-,30-,31+,32+/m1/s1. The van der Waals surface area contributed by atoms with Gasteiger partial charge in [0.1, 0.15) is 24.6 Å². The molecule has 4 atom stereocenters. The van der Waals surface area contributed by atoms with Gasteiger partial charge in [0.15, 0.2) is 22.8 Å². The van der Waals surface area contributed by atoms with Crippen molar-refractivity contribution in [3.63, 3.8) is 0 Å². The van der Waals surface area contributed by atoms with Crippen LogP contribution in [0.2, 0.25) is 0 Å². The molecule has 222 valence electrons. The van der Waals surface area contributed by atoms with E-state index < -0.39 is 47.2 Å². The number of Topliss-reactive ketones (excluding diaryl/α,β-unsaturated/α-hetero) is 2. The monoisotopic (exact) mass is 593 g/mol. The van der Waals surface area contributed by atoms with E-state index >= 15 is 0 Å². The van der Waals surface area contributed by atoms with E-state index in [2.05, 4.69) is 15.0 Å². The molecule has 1 saturated heterocycles. The summed E-state index contributed by atoms with van der Waals surface area (Å²) in [5.74, 6) is -2.83. The number of hydrogen-bond donors (Lipinski definition) is 3. The number of hydrogen-bond acceptors (Lipinski definition) is 11. The van der Waals surface area contributed by atoms with Crippen molar-refractivity contribution in [3.8, 4) is 0 Å². The summed E-state index contributed by atoms with van der Waals surface area (Å²) in [5, 5.41) is 25.5. The van der Waals surface area contributed by atoms with E-state index in [9.17, 15) is 24.6 Å². The third kappa shape index (κ3) is 4.19. The second-order valence-corrected chi connectivity index (χ2v) is 10.5. The number of nitrogens with zero attached hydrogens (tertiary/aromatic N) is 4. The molecular weight excluding hydrogens is 566 g/mol. The Kier molecular flexibility index (Phi) is 7.04. The molecule has 0 radical (unpaired) electrons. The molecule has 1 fully saturated rings. The first-order valence-corrected chi connectivity index (χ1v) is 13.6. The van der Waals surface area contributed by atoms with Crippen molar-refractivity contribution in [1.29, 1.82) is 0 Å². The number of aromatic nitrogens is 4. The smallest absolute Gasteiger partial charge is 0.338 e. The van der Waals surface area contributed by atoms with Crippen molar-refractivity contribution in [3.05, 3.63) is 120 Å². The lowest BCUT2D eigenvalue weighted by atomic mass is 9.68. The Labute approximate surface area is 250 Å². The summed E-state index contributed by atoms with van der Waals surface area (Å²) in [5.41, 5.74) is -1.98. The van der Waals surface area contributed by atoms with E-state index in [-0.39, 0.29) is 33.7 Å². The summed E-state index contributed by atoms with van der Waals surface area (Å²) >= 11 is 0. The number of nitrogen functional groups attached to an aromatic ring is 1. The second kappa shape index (κ2) is 10.8. The maximum atomic E-state index is 14.5. The number of benzene rings is 3. The van der Waals surface area contributed by atoms with Crippen LogP contribution in [0, 0.1) is 0 Å². The Hall–Kier alpha value is -5.30. The fourth-order valence-electron chi connectivity index (χ4n) is 5.70. The van der Waals surface area contributed by atoms with Gasteiger partial charge in [0.25, 0.3) is 0 Å². The molecule has 6 rings (SSSR count). The van der Waals surface area contributed by atoms with Gasteiger partial charge < -0.3 is 25.4 Å². The van der Waals surface area contributed by atoms with E-state index in [1.165, 1.54) is 54.2 Å². The average Bonchev–Trinajstić information content (AvgIpc) is 3.58. The quantitative estimate of drug-likeness (QED) is 0.178. The third-order valence-electron chi connectivity index (χ3n) is 8.00. The zero-order valence-corrected chi connectivity index (χ0v) is 23.4. The molecule has 12 heteroatoms. The predicted octanol–water partition coefficient (Wildman–Crippen LogP) is 2.57. The molecule has 0 bridgehead atoms. The van der Waals surface area contributed by atoms with E-state index in [0.29, 0.717) is 0 Å². The van der Waals surface area contributed by atoms with Crippen LogP contribution in [0.1, 0.15) is 38.0 Å². The van der Waals surface area contributed by atoms with Crippen molar-refractivity contribution in [2.45, 2.75) is 30.0 Å². The van der Waals surface area contributed by atoms with Crippen LogP contribution in [0.25, 0.3) is 11.2 Å². The number of ketones is 2. The number of carbonyl (C=O) groups is 3. The zero-order chi connectivity index (χ0) is 31.1. The molecule has 12 nitrogen and oxygen atoms in total. The number of carbonyl (C=O) groups excluding carboxylic acids is 3. The summed E-state index contributed by atoms with van der Waals surface area (Å²) in [4.78, 5) is 54.2. The summed E-state index contributed by atoms with van der Waals surface area (Å²) in [6.45, 7) is 0.599. The number of nitrogens with two attached hydrogens (primary N) is 1. The van der Waals surface area contributed by atoms with Gasteiger partial charge in [-0.25, -0.2) is 19.7 Å². The van der Waals surface area contributed by atoms with Crippen molar-refractivity contribution >= 4 is 34.5 Å². The van der Waals surface area contributed by atoms with Crippen LogP contribution in [0.4, 0.5) is 5.82 Å². The van der Waals surface area contributed by atoms with Crippen LogP contribution in [0.15, 0.2) is 104 Å². The lowest BCUT2D eigenvalue weighted by molar-refractivity contribution is -0.164. The van der Waals surface area contributed by atoms with Gasteiger partial charge >= 0.3 is 5.97 Å². The topological polar surface area (TPSA) is 180 Å². The molecule has 0 amide bonds. The first-order chi connectivity index (χ1) is 21.1. The first-order valence-electron chi connectivity index (χ1n) is 13.6. The number of anilines is 1. The van der Waals surface area contributed by atoms with Crippen LogP contribution in [-0.2, 0) is 15.2 Å². The maximum absolute atomic E-state index is 14.5. The number of aliphatic hydroxyl groups is 2. The normalized spacial score (nSPS) is 24.7. The average molecular weight is 594 g/mol. The highest BCUT2D eigenvalue weighted by Crippen LogP contribution is 2.53. The molecule has 5 aromatic rings. The van der Waals surface area contributed by atoms with Crippen LogP contribution in [0.5, 0.6) is 0 Å². The van der Waals surface area contributed by atoms with E-state index in [4.69, 9.17) is 15.2 Å².